The molecule has 4 aromatic rings. The van der Waals surface area contributed by atoms with E-state index in [1.807, 2.05) is 0 Å². The molecule has 1 unspecified atom stereocenters. The van der Waals surface area contributed by atoms with Crippen LogP contribution in [0.1, 0.15) is 182 Å². The van der Waals surface area contributed by atoms with Crippen LogP contribution in [0.25, 0.3) is 22.3 Å². The summed E-state index contributed by atoms with van der Waals surface area (Å²) in [5, 5.41) is 3.94. The van der Waals surface area contributed by atoms with Crippen molar-refractivity contribution in [3.63, 3.8) is 0 Å². The Kier molecular flexibility index (Phi) is 25.0. The third kappa shape index (κ3) is 17.9. The molecule has 0 aliphatic rings. The second-order valence-electron chi connectivity index (χ2n) is 18.9. The monoisotopic (exact) mass is 835 g/mol. The SMILES string of the molecule is CCCCCCCCCCCCCCCCCCCCCC[PH](C)(CC(C)C)C(CCCCC)P(c1ccccc1-c1ccccc1)c1ccccc1-c1ccccc1. The molecule has 0 saturated carbocycles. The fourth-order valence-corrected chi connectivity index (χ4v) is 21.5. The second-order valence-corrected chi connectivity index (χ2v) is 26.6. The molecule has 1 atom stereocenters. The molecule has 0 saturated heterocycles. The number of rotatable bonds is 33. The summed E-state index contributed by atoms with van der Waals surface area (Å²) < 4.78 is 0. The Morgan fingerprint density at radius 2 is 0.746 bits per heavy atom. The zero-order valence-corrected chi connectivity index (χ0v) is 40.8. The molecule has 59 heavy (non-hydrogen) atoms. The van der Waals surface area contributed by atoms with Gasteiger partial charge in [-0.05, 0) is 0 Å². The number of benzene rings is 4. The molecule has 0 aromatic heterocycles. The first-order chi connectivity index (χ1) is 29.0. The van der Waals surface area contributed by atoms with Crippen molar-refractivity contribution in [2.75, 3.05) is 19.0 Å². The van der Waals surface area contributed by atoms with Crippen molar-refractivity contribution >= 4 is 25.8 Å². The summed E-state index contributed by atoms with van der Waals surface area (Å²) in [6, 6.07) is 41.7. The number of hydrogen-bond donors (Lipinski definition) is 0. The molecule has 0 heterocycles. The molecule has 0 aliphatic carbocycles. The van der Waals surface area contributed by atoms with Crippen molar-refractivity contribution in [2.45, 2.75) is 187 Å². The fourth-order valence-electron chi connectivity index (χ4n) is 10.1. The van der Waals surface area contributed by atoms with Crippen LogP contribution in [0, 0.1) is 5.92 Å². The summed E-state index contributed by atoms with van der Waals surface area (Å²) in [6.07, 6.45) is 37.2. The Balaban J connectivity index is 1.41. The molecule has 326 valence electrons. The van der Waals surface area contributed by atoms with Gasteiger partial charge in [0.2, 0.25) is 0 Å². The third-order valence-corrected chi connectivity index (χ3v) is 23.7. The molecule has 2 heteroatoms. The first kappa shape index (κ1) is 49.4. The summed E-state index contributed by atoms with van der Waals surface area (Å²) in [5.74, 6) is 0.732. The van der Waals surface area contributed by atoms with Gasteiger partial charge in [0.15, 0.2) is 0 Å². The standard InChI is InChI=1S/C57H88P2/c1-6-8-10-11-12-13-14-15-16-17-18-19-20-21-22-23-24-25-26-38-48-59(5,49-50(3)4)57(47-29-9-7-2)58(55-45-36-34-43-53(55)51-39-30-27-31-40-51)56-46-37-35-44-54(56)52-41-32-28-33-42-52/h27-28,30-37,39-46,50,57,59H,6-26,29,38,47-49H2,1-5H3. The fraction of sp³-hybridized carbons (Fsp3) is 0.579. The van der Waals surface area contributed by atoms with Gasteiger partial charge < -0.3 is 0 Å². The van der Waals surface area contributed by atoms with Crippen LogP contribution in [0.4, 0.5) is 0 Å². The van der Waals surface area contributed by atoms with E-state index < -0.39 is 15.2 Å². The van der Waals surface area contributed by atoms with Gasteiger partial charge in [0.25, 0.3) is 0 Å². The van der Waals surface area contributed by atoms with Crippen LogP contribution in [0.5, 0.6) is 0 Å². The van der Waals surface area contributed by atoms with Gasteiger partial charge in [-0.25, -0.2) is 0 Å². The molecule has 4 aromatic carbocycles. The van der Waals surface area contributed by atoms with Gasteiger partial charge in [0, 0.05) is 0 Å². The van der Waals surface area contributed by atoms with Gasteiger partial charge in [-0.3, -0.25) is 0 Å². The van der Waals surface area contributed by atoms with Crippen molar-refractivity contribution in [1.82, 2.24) is 0 Å². The topological polar surface area (TPSA) is 0 Å². The van der Waals surface area contributed by atoms with E-state index in [4.69, 9.17) is 0 Å². The Morgan fingerprint density at radius 1 is 0.407 bits per heavy atom. The van der Waals surface area contributed by atoms with E-state index in [1.165, 1.54) is 189 Å². The van der Waals surface area contributed by atoms with Crippen molar-refractivity contribution in [2.24, 2.45) is 5.92 Å². The first-order valence-electron chi connectivity index (χ1n) is 25.1. The van der Waals surface area contributed by atoms with Gasteiger partial charge in [0.1, 0.15) is 0 Å². The molecule has 0 spiro atoms. The minimum absolute atomic E-state index is 0.624. The normalized spacial score (nSPS) is 12.7. The third-order valence-electron chi connectivity index (χ3n) is 13.2. The summed E-state index contributed by atoms with van der Waals surface area (Å²) in [5.41, 5.74) is 5.62. The molecule has 0 aliphatic heterocycles. The zero-order chi connectivity index (χ0) is 41.8. The molecule has 0 bridgehead atoms. The molecule has 0 N–H and O–H groups in total. The number of unbranched alkanes of at least 4 members (excludes halogenated alkanes) is 21. The Morgan fingerprint density at radius 3 is 1.14 bits per heavy atom. The van der Waals surface area contributed by atoms with Crippen LogP contribution in [-0.2, 0) is 0 Å². The Labute approximate surface area is 367 Å². The van der Waals surface area contributed by atoms with E-state index in [0.29, 0.717) is 0 Å². The van der Waals surface area contributed by atoms with Gasteiger partial charge >= 0.3 is 305 Å². The summed E-state index contributed by atoms with van der Waals surface area (Å²) >= 11 is 0. The van der Waals surface area contributed by atoms with Crippen LogP contribution in [0.3, 0.4) is 0 Å². The summed E-state index contributed by atoms with van der Waals surface area (Å²) in [4.78, 5) is 0. The summed E-state index contributed by atoms with van der Waals surface area (Å²) in [6.45, 7) is 12.6. The van der Waals surface area contributed by atoms with E-state index in [2.05, 4.69) is 144 Å². The maximum atomic E-state index is 2.87. The first-order valence-corrected chi connectivity index (χ1v) is 29.5. The Hall–Kier alpha value is -2.26. The summed E-state index contributed by atoms with van der Waals surface area (Å²) in [7, 11) is -2.38. The van der Waals surface area contributed by atoms with E-state index in [1.54, 1.807) is 10.6 Å². The van der Waals surface area contributed by atoms with Crippen molar-refractivity contribution < 1.29 is 0 Å². The van der Waals surface area contributed by atoms with Gasteiger partial charge in [-0.2, -0.15) is 0 Å². The zero-order valence-electron chi connectivity index (χ0n) is 38.9. The van der Waals surface area contributed by atoms with Gasteiger partial charge in [-0.15, -0.1) is 0 Å². The van der Waals surface area contributed by atoms with Crippen molar-refractivity contribution in [3.8, 4) is 22.3 Å². The van der Waals surface area contributed by atoms with Crippen LogP contribution in [0.2, 0.25) is 0 Å². The molecule has 0 amide bonds. The minimum atomic E-state index is -1.75. The molecule has 4 rings (SSSR count). The van der Waals surface area contributed by atoms with Gasteiger partial charge in [0.05, 0.1) is 0 Å². The predicted octanol–water partition coefficient (Wildman–Crippen LogP) is 18.2. The van der Waals surface area contributed by atoms with E-state index in [0.717, 1.165) is 11.3 Å². The number of hydrogen-bond acceptors (Lipinski definition) is 0. The van der Waals surface area contributed by atoms with Gasteiger partial charge in [-0.1, -0.05) is 64.7 Å². The average molecular weight is 835 g/mol. The average Bonchev–Trinajstić information content (AvgIpc) is 3.26. The quantitative estimate of drug-likeness (QED) is 0.0331. The molecule has 0 nitrogen and oxygen atoms in total. The second kappa shape index (κ2) is 29.9. The van der Waals surface area contributed by atoms with Crippen LogP contribution < -0.4 is 10.6 Å². The molecule has 0 radical (unpaired) electrons. The van der Waals surface area contributed by atoms with E-state index in [-0.39, 0.29) is 0 Å². The van der Waals surface area contributed by atoms with Crippen molar-refractivity contribution in [1.29, 1.82) is 0 Å². The van der Waals surface area contributed by atoms with Crippen LogP contribution in [-0.4, -0.2) is 24.4 Å². The van der Waals surface area contributed by atoms with Crippen molar-refractivity contribution in [3.05, 3.63) is 109 Å². The van der Waals surface area contributed by atoms with E-state index in [9.17, 15) is 0 Å². The van der Waals surface area contributed by atoms with E-state index >= 15 is 0 Å². The Bertz CT molecular complexity index is 1530. The molecular formula is C57H88P2. The van der Waals surface area contributed by atoms with Crippen LogP contribution in [0.15, 0.2) is 109 Å². The predicted molar refractivity (Wildman–Crippen MR) is 275 cm³/mol. The van der Waals surface area contributed by atoms with Crippen LogP contribution >= 0.6 is 15.2 Å². The molecular weight excluding hydrogens is 747 g/mol. The molecule has 0 fully saturated rings. The maximum absolute atomic E-state index is 2.87.